The van der Waals surface area contributed by atoms with Crippen LogP contribution in [0.15, 0.2) is 164 Å². The Balaban J connectivity index is 1.24. The fraction of sp³-hybridized carbons (Fsp3) is 0.0851. The second-order valence-corrected chi connectivity index (χ2v) is 14.0. The SMILES string of the molecule is CC1(C)c2ccccc2C2(c3ccccc3-c3cc(-c4nc(-c5ccccc5)nc(-c5cccc6ccccc56)n4)ccc32)c2ccccc21. The van der Waals surface area contributed by atoms with Crippen molar-refractivity contribution >= 4 is 10.8 Å². The van der Waals surface area contributed by atoms with Gasteiger partial charge < -0.3 is 0 Å². The van der Waals surface area contributed by atoms with Crippen LogP contribution in [0.5, 0.6) is 0 Å². The lowest BCUT2D eigenvalue weighted by Gasteiger charge is -2.46. The quantitative estimate of drug-likeness (QED) is 0.193. The summed E-state index contributed by atoms with van der Waals surface area (Å²) in [6.45, 7) is 4.72. The predicted molar refractivity (Wildman–Crippen MR) is 203 cm³/mol. The third kappa shape index (κ3) is 3.95. The van der Waals surface area contributed by atoms with Gasteiger partial charge in [0, 0.05) is 22.1 Å². The molecule has 50 heavy (non-hydrogen) atoms. The summed E-state index contributed by atoms with van der Waals surface area (Å²) in [7, 11) is 0. The summed E-state index contributed by atoms with van der Waals surface area (Å²) in [5.41, 5.74) is 12.9. The van der Waals surface area contributed by atoms with E-state index in [-0.39, 0.29) is 5.41 Å². The number of nitrogens with zero attached hydrogens (tertiary/aromatic N) is 3. The van der Waals surface area contributed by atoms with E-state index in [1.807, 2.05) is 18.2 Å². The van der Waals surface area contributed by atoms with Gasteiger partial charge in [0.05, 0.1) is 5.41 Å². The first kappa shape index (κ1) is 28.8. The number of aromatic nitrogens is 3. The summed E-state index contributed by atoms with van der Waals surface area (Å²) >= 11 is 0. The van der Waals surface area contributed by atoms with Gasteiger partial charge in [-0.15, -0.1) is 0 Å². The monoisotopic (exact) mass is 639 g/mol. The maximum Gasteiger partial charge on any atom is 0.164 e. The van der Waals surface area contributed by atoms with Crippen LogP contribution in [0, 0.1) is 0 Å². The maximum atomic E-state index is 5.20. The number of hydrogen-bond acceptors (Lipinski definition) is 3. The van der Waals surface area contributed by atoms with E-state index in [9.17, 15) is 0 Å². The third-order valence-corrected chi connectivity index (χ3v) is 11.0. The van der Waals surface area contributed by atoms with E-state index < -0.39 is 5.41 Å². The number of fused-ring (bicyclic) bond motifs is 10. The van der Waals surface area contributed by atoms with Gasteiger partial charge >= 0.3 is 0 Å². The molecule has 8 aromatic rings. The molecule has 2 aliphatic rings. The Labute approximate surface area is 292 Å². The minimum Gasteiger partial charge on any atom is -0.208 e. The molecule has 0 unspecified atom stereocenters. The Kier molecular flexibility index (Phi) is 6.13. The van der Waals surface area contributed by atoms with Crippen LogP contribution in [0.1, 0.15) is 47.2 Å². The normalized spacial score (nSPS) is 14.5. The maximum absolute atomic E-state index is 5.20. The fourth-order valence-corrected chi connectivity index (χ4v) is 8.77. The topological polar surface area (TPSA) is 38.7 Å². The Morgan fingerprint density at radius 2 is 0.880 bits per heavy atom. The largest absolute Gasteiger partial charge is 0.208 e. The van der Waals surface area contributed by atoms with Gasteiger partial charge in [-0.2, -0.15) is 0 Å². The fourth-order valence-electron chi connectivity index (χ4n) is 8.77. The molecule has 7 aromatic carbocycles. The Morgan fingerprint density at radius 1 is 0.360 bits per heavy atom. The molecule has 236 valence electrons. The van der Waals surface area contributed by atoms with Crippen molar-refractivity contribution in [2.75, 3.05) is 0 Å². The average Bonchev–Trinajstić information content (AvgIpc) is 3.47. The highest BCUT2D eigenvalue weighted by Crippen LogP contribution is 2.62. The highest BCUT2D eigenvalue weighted by Gasteiger charge is 2.53. The average molecular weight is 640 g/mol. The van der Waals surface area contributed by atoms with Crippen molar-refractivity contribution in [3.63, 3.8) is 0 Å². The molecule has 10 rings (SSSR count). The van der Waals surface area contributed by atoms with E-state index in [2.05, 4.69) is 159 Å². The van der Waals surface area contributed by atoms with E-state index in [0.29, 0.717) is 17.5 Å². The zero-order valence-electron chi connectivity index (χ0n) is 27.9. The second-order valence-electron chi connectivity index (χ2n) is 14.0. The van der Waals surface area contributed by atoms with Gasteiger partial charge in [-0.05, 0) is 61.3 Å². The molecule has 0 radical (unpaired) electrons. The molecule has 2 aliphatic carbocycles. The lowest BCUT2D eigenvalue weighted by Crippen LogP contribution is -2.40. The zero-order valence-corrected chi connectivity index (χ0v) is 27.9. The highest BCUT2D eigenvalue weighted by atomic mass is 15.0. The van der Waals surface area contributed by atoms with Gasteiger partial charge in [0.25, 0.3) is 0 Å². The van der Waals surface area contributed by atoms with E-state index in [1.54, 1.807) is 0 Å². The van der Waals surface area contributed by atoms with Crippen LogP contribution >= 0.6 is 0 Å². The molecule has 3 nitrogen and oxygen atoms in total. The number of rotatable bonds is 3. The van der Waals surface area contributed by atoms with Crippen LogP contribution in [0.3, 0.4) is 0 Å². The van der Waals surface area contributed by atoms with Crippen LogP contribution in [0.25, 0.3) is 56.1 Å². The molecule has 1 spiro atoms. The molecule has 1 aromatic heterocycles. The van der Waals surface area contributed by atoms with Crippen molar-refractivity contribution in [1.82, 2.24) is 15.0 Å². The highest BCUT2D eigenvalue weighted by molar-refractivity contribution is 5.96. The van der Waals surface area contributed by atoms with Gasteiger partial charge in [0.1, 0.15) is 0 Å². The van der Waals surface area contributed by atoms with Gasteiger partial charge in [-0.25, -0.2) is 15.0 Å². The summed E-state index contributed by atoms with van der Waals surface area (Å²) in [5, 5.41) is 2.28. The summed E-state index contributed by atoms with van der Waals surface area (Å²) in [6.07, 6.45) is 0. The molecule has 3 heteroatoms. The lowest BCUT2D eigenvalue weighted by atomic mass is 9.55. The predicted octanol–water partition coefficient (Wildman–Crippen LogP) is 11.0. The standard InChI is InChI=1S/C47H33N3/c1-46(2)39-23-10-12-25-41(39)47(42-26-13-11-24-40(42)46)37-22-9-8-20-34(37)36-29-32(27-28-38(36)47)44-48-43(31-16-4-3-5-17-31)49-45(50-44)35-21-14-18-30-15-6-7-19-33(30)35/h3-29H,1-2H3. The molecule has 0 atom stereocenters. The summed E-state index contributed by atoms with van der Waals surface area (Å²) in [6, 6.07) is 58.9. The van der Waals surface area contributed by atoms with Gasteiger partial charge in [-0.1, -0.05) is 172 Å². The van der Waals surface area contributed by atoms with Crippen molar-refractivity contribution in [2.24, 2.45) is 0 Å². The van der Waals surface area contributed by atoms with E-state index >= 15 is 0 Å². The van der Waals surface area contributed by atoms with Crippen LogP contribution < -0.4 is 0 Å². The molecular weight excluding hydrogens is 607 g/mol. The van der Waals surface area contributed by atoms with Crippen LogP contribution in [0.2, 0.25) is 0 Å². The van der Waals surface area contributed by atoms with E-state index in [4.69, 9.17) is 15.0 Å². The molecule has 0 saturated carbocycles. The first-order valence-electron chi connectivity index (χ1n) is 17.3. The first-order valence-corrected chi connectivity index (χ1v) is 17.3. The van der Waals surface area contributed by atoms with Crippen molar-refractivity contribution in [1.29, 1.82) is 0 Å². The Morgan fingerprint density at radius 3 is 1.62 bits per heavy atom. The van der Waals surface area contributed by atoms with Crippen molar-refractivity contribution in [3.05, 3.63) is 197 Å². The minimum absolute atomic E-state index is 0.132. The summed E-state index contributed by atoms with van der Waals surface area (Å²) in [4.78, 5) is 15.4. The molecule has 0 bridgehead atoms. The van der Waals surface area contributed by atoms with Crippen LogP contribution in [0.4, 0.5) is 0 Å². The third-order valence-electron chi connectivity index (χ3n) is 11.0. The van der Waals surface area contributed by atoms with E-state index in [1.165, 1.54) is 44.5 Å². The molecular formula is C47H33N3. The van der Waals surface area contributed by atoms with Gasteiger partial charge in [0.2, 0.25) is 0 Å². The first-order chi connectivity index (χ1) is 24.5. The molecule has 0 amide bonds. The Bertz CT molecular complexity index is 2580. The second kappa shape index (κ2) is 10.7. The Hall–Kier alpha value is -6.19. The summed E-state index contributed by atoms with van der Waals surface area (Å²) in [5.74, 6) is 1.99. The molecule has 0 N–H and O–H groups in total. The molecule has 0 fully saturated rings. The van der Waals surface area contributed by atoms with Crippen LogP contribution in [-0.4, -0.2) is 15.0 Å². The minimum atomic E-state index is -0.435. The van der Waals surface area contributed by atoms with Crippen LogP contribution in [-0.2, 0) is 10.8 Å². The number of benzene rings is 7. The smallest absolute Gasteiger partial charge is 0.164 e. The van der Waals surface area contributed by atoms with Crippen molar-refractivity contribution in [3.8, 4) is 45.3 Å². The van der Waals surface area contributed by atoms with Crippen molar-refractivity contribution in [2.45, 2.75) is 24.7 Å². The molecule has 0 saturated heterocycles. The molecule has 1 heterocycles. The summed E-state index contributed by atoms with van der Waals surface area (Å²) < 4.78 is 0. The van der Waals surface area contributed by atoms with Gasteiger partial charge in [-0.3, -0.25) is 0 Å². The van der Waals surface area contributed by atoms with Crippen molar-refractivity contribution < 1.29 is 0 Å². The lowest BCUT2D eigenvalue weighted by molar-refractivity contribution is 0.563. The zero-order chi connectivity index (χ0) is 33.5. The number of hydrogen-bond donors (Lipinski definition) is 0. The molecule has 0 aliphatic heterocycles. The van der Waals surface area contributed by atoms with E-state index in [0.717, 1.165) is 27.5 Å². The van der Waals surface area contributed by atoms with Gasteiger partial charge in [0.15, 0.2) is 17.5 Å².